The number of nitrogen functional groups attached to an aromatic ring is 1. The summed E-state index contributed by atoms with van der Waals surface area (Å²) in [6.07, 6.45) is 0.938. The molecule has 0 saturated heterocycles. The number of halogens is 1. The lowest BCUT2D eigenvalue weighted by molar-refractivity contribution is 0.629. The summed E-state index contributed by atoms with van der Waals surface area (Å²) in [5.74, 6) is 2.72. The Morgan fingerprint density at radius 1 is 1.20 bits per heavy atom. The van der Waals surface area contributed by atoms with Crippen molar-refractivity contribution in [2.24, 2.45) is 5.92 Å². The van der Waals surface area contributed by atoms with E-state index in [0.717, 1.165) is 27.3 Å². The molecule has 1 aromatic heterocycles. The second kappa shape index (κ2) is 7.26. The fourth-order valence-corrected chi connectivity index (χ4v) is 3.05. The minimum absolute atomic E-state index is 0.562. The van der Waals surface area contributed by atoms with Crippen LogP contribution in [0.15, 0.2) is 35.2 Å². The number of rotatable bonds is 5. The third kappa shape index (κ3) is 4.34. The molecule has 0 amide bonds. The predicted octanol–water partition coefficient (Wildman–Crippen LogP) is 4.15. The summed E-state index contributed by atoms with van der Waals surface area (Å²) in [5.41, 5.74) is 7.06. The highest BCUT2D eigenvalue weighted by atomic mass is 127. The van der Waals surface area contributed by atoms with E-state index in [1.807, 2.05) is 18.2 Å². The van der Waals surface area contributed by atoms with Gasteiger partial charge in [0.2, 0.25) is 0 Å². The molecule has 0 atom stereocenters. The summed E-state index contributed by atoms with van der Waals surface area (Å²) in [6.45, 7) is 4.37. The van der Waals surface area contributed by atoms with Crippen molar-refractivity contribution in [3.05, 3.63) is 45.4 Å². The van der Waals surface area contributed by atoms with E-state index in [4.69, 9.17) is 5.73 Å². The van der Waals surface area contributed by atoms with Gasteiger partial charge in [-0.25, -0.2) is 9.97 Å². The fourth-order valence-electron chi connectivity index (χ4n) is 1.82. The molecule has 1 aromatic carbocycles. The van der Waals surface area contributed by atoms with Crippen LogP contribution in [0.2, 0.25) is 0 Å². The Labute approximate surface area is 137 Å². The lowest BCUT2D eigenvalue weighted by atomic mass is 10.1. The monoisotopic (exact) mass is 399 g/mol. The van der Waals surface area contributed by atoms with Crippen LogP contribution in [0.1, 0.15) is 25.4 Å². The van der Waals surface area contributed by atoms with E-state index in [1.54, 1.807) is 11.8 Å². The molecule has 0 aliphatic heterocycles. The number of benzene rings is 1. The first-order valence-electron chi connectivity index (χ1n) is 6.55. The van der Waals surface area contributed by atoms with E-state index < -0.39 is 0 Å². The number of anilines is 1. The molecule has 0 unspecified atom stereocenters. The van der Waals surface area contributed by atoms with Crippen molar-refractivity contribution in [2.75, 3.05) is 5.73 Å². The van der Waals surface area contributed by atoms with Crippen LogP contribution in [0.3, 0.4) is 0 Å². The van der Waals surface area contributed by atoms with E-state index in [0.29, 0.717) is 11.7 Å². The highest BCUT2D eigenvalue weighted by Crippen LogP contribution is 2.24. The zero-order chi connectivity index (χ0) is 14.5. The number of hydrogen-bond donors (Lipinski definition) is 1. The maximum Gasteiger partial charge on any atom is 0.141 e. The van der Waals surface area contributed by atoms with Gasteiger partial charge in [-0.1, -0.05) is 32.0 Å². The van der Waals surface area contributed by atoms with Crippen LogP contribution >= 0.6 is 34.4 Å². The van der Waals surface area contributed by atoms with Gasteiger partial charge in [0.25, 0.3) is 0 Å². The van der Waals surface area contributed by atoms with Gasteiger partial charge in [-0.15, -0.1) is 11.8 Å². The molecule has 0 aliphatic carbocycles. The maximum absolute atomic E-state index is 6.00. The average molecular weight is 399 g/mol. The molecule has 1 heterocycles. The lowest BCUT2D eigenvalue weighted by Gasteiger charge is -2.10. The van der Waals surface area contributed by atoms with Gasteiger partial charge in [0.15, 0.2) is 0 Å². The summed E-state index contributed by atoms with van der Waals surface area (Å²) in [4.78, 5) is 10.3. The molecule has 0 bridgehead atoms. The van der Waals surface area contributed by atoms with Gasteiger partial charge in [-0.3, -0.25) is 0 Å². The number of aromatic nitrogens is 2. The van der Waals surface area contributed by atoms with Crippen molar-refractivity contribution >= 4 is 40.2 Å². The molecule has 3 nitrogen and oxygen atoms in total. The quantitative estimate of drug-likeness (QED) is 0.606. The first-order chi connectivity index (χ1) is 9.56. The molecular formula is C15H18IN3S. The summed E-state index contributed by atoms with van der Waals surface area (Å²) in [5, 5.41) is 0. The number of thioether (sulfide) groups is 1. The SMILES string of the molecule is CC(C)Cc1nc(CSc2ccccc2)nc(N)c1I. The standard InChI is InChI=1S/C15H18IN3S/c1-10(2)8-12-14(16)15(17)19-13(18-12)9-20-11-6-4-3-5-7-11/h3-7,10H,8-9H2,1-2H3,(H2,17,18,19). The smallest absolute Gasteiger partial charge is 0.141 e. The van der Waals surface area contributed by atoms with Gasteiger partial charge in [0.05, 0.1) is 15.0 Å². The number of hydrogen-bond acceptors (Lipinski definition) is 4. The summed E-state index contributed by atoms with van der Waals surface area (Å²) >= 11 is 3.97. The fraction of sp³-hybridized carbons (Fsp3) is 0.333. The summed E-state index contributed by atoms with van der Waals surface area (Å²) in [7, 11) is 0. The van der Waals surface area contributed by atoms with Crippen molar-refractivity contribution < 1.29 is 0 Å². The third-order valence-corrected chi connectivity index (χ3v) is 4.89. The van der Waals surface area contributed by atoms with E-state index in [-0.39, 0.29) is 0 Å². The minimum Gasteiger partial charge on any atom is -0.383 e. The lowest BCUT2D eigenvalue weighted by Crippen LogP contribution is -2.09. The maximum atomic E-state index is 6.00. The van der Waals surface area contributed by atoms with Gasteiger partial charge in [0.1, 0.15) is 11.6 Å². The molecule has 0 spiro atoms. The Bertz CT molecular complexity index is 573. The van der Waals surface area contributed by atoms with Crippen molar-refractivity contribution in [1.29, 1.82) is 0 Å². The van der Waals surface area contributed by atoms with E-state index in [1.165, 1.54) is 4.90 Å². The first kappa shape index (κ1) is 15.6. The Morgan fingerprint density at radius 3 is 2.55 bits per heavy atom. The largest absolute Gasteiger partial charge is 0.383 e. The van der Waals surface area contributed by atoms with E-state index in [2.05, 4.69) is 58.5 Å². The van der Waals surface area contributed by atoms with E-state index in [9.17, 15) is 0 Å². The van der Waals surface area contributed by atoms with Crippen LogP contribution < -0.4 is 5.73 Å². The normalized spacial score (nSPS) is 11.0. The van der Waals surface area contributed by atoms with Crippen molar-refractivity contribution in [2.45, 2.75) is 30.9 Å². The number of nitrogens with zero attached hydrogens (tertiary/aromatic N) is 2. The molecule has 2 aromatic rings. The molecule has 5 heteroatoms. The Kier molecular flexibility index (Phi) is 5.65. The molecular weight excluding hydrogens is 381 g/mol. The summed E-state index contributed by atoms with van der Waals surface area (Å²) < 4.78 is 0.991. The van der Waals surface area contributed by atoms with Gasteiger partial charge in [-0.05, 0) is 47.1 Å². The van der Waals surface area contributed by atoms with Gasteiger partial charge >= 0.3 is 0 Å². The summed E-state index contributed by atoms with van der Waals surface area (Å²) in [6, 6.07) is 10.3. The molecule has 0 saturated carbocycles. The van der Waals surface area contributed by atoms with Gasteiger partial charge in [-0.2, -0.15) is 0 Å². The van der Waals surface area contributed by atoms with E-state index >= 15 is 0 Å². The zero-order valence-corrected chi connectivity index (χ0v) is 14.6. The van der Waals surface area contributed by atoms with Crippen molar-refractivity contribution in [3.63, 3.8) is 0 Å². The van der Waals surface area contributed by atoms with Gasteiger partial charge in [0, 0.05) is 4.90 Å². The highest BCUT2D eigenvalue weighted by Gasteiger charge is 2.11. The topological polar surface area (TPSA) is 51.8 Å². The van der Waals surface area contributed by atoms with Crippen LogP contribution in [-0.2, 0) is 12.2 Å². The molecule has 0 aliphatic rings. The second-order valence-corrected chi connectivity index (χ2v) is 7.11. The minimum atomic E-state index is 0.562. The van der Waals surface area contributed by atoms with Crippen LogP contribution in [0.25, 0.3) is 0 Å². The first-order valence-corrected chi connectivity index (χ1v) is 8.61. The average Bonchev–Trinajstić information content (AvgIpc) is 2.42. The van der Waals surface area contributed by atoms with Crippen LogP contribution in [0, 0.1) is 9.49 Å². The molecule has 0 radical (unpaired) electrons. The zero-order valence-electron chi connectivity index (χ0n) is 11.6. The second-order valence-electron chi connectivity index (χ2n) is 4.99. The van der Waals surface area contributed by atoms with Crippen LogP contribution in [-0.4, -0.2) is 9.97 Å². The number of nitrogens with two attached hydrogens (primary N) is 1. The Hall–Kier alpha value is -0.820. The van der Waals surface area contributed by atoms with Crippen molar-refractivity contribution in [3.8, 4) is 0 Å². The Morgan fingerprint density at radius 2 is 1.90 bits per heavy atom. The van der Waals surface area contributed by atoms with Crippen molar-refractivity contribution in [1.82, 2.24) is 9.97 Å². The predicted molar refractivity (Wildman–Crippen MR) is 93.7 cm³/mol. The molecule has 2 N–H and O–H groups in total. The highest BCUT2D eigenvalue weighted by molar-refractivity contribution is 14.1. The molecule has 106 valence electrons. The van der Waals surface area contributed by atoms with Crippen LogP contribution in [0.5, 0.6) is 0 Å². The van der Waals surface area contributed by atoms with Gasteiger partial charge < -0.3 is 5.73 Å². The Balaban J connectivity index is 2.14. The third-order valence-electron chi connectivity index (χ3n) is 2.70. The molecule has 0 fully saturated rings. The van der Waals surface area contributed by atoms with Crippen LogP contribution in [0.4, 0.5) is 5.82 Å². The molecule has 20 heavy (non-hydrogen) atoms. The molecule has 2 rings (SSSR count).